The fourth-order valence-electron chi connectivity index (χ4n) is 3.42. The number of hydrogen-bond acceptors (Lipinski definition) is 2. The van der Waals surface area contributed by atoms with Crippen LogP contribution in [-0.4, -0.2) is 50.1 Å². The molecule has 2 N–H and O–H groups in total. The van der Waals surface area contributed by atoms with Gasteiger partial charge in [-0.1, -0.05) is 39.0 Å². The zero-order valence-corrected chi connectivity index (χ0v) is 16.1. The molecule has 1 aliphatic rings. The molecular weight excluding hydrogens is 315 g/mol. The summed E-state index contributed by atoms with van der Waals surface area (Å²) in [7, 11) is 1.79. The molecule has 0 aromatic heterocycles. The summed E-state index contributed by atoms with van der Waals surface area (Å²) in [4.78, 5) is 6.87. The highest BCUT2D eigenvalue weighted by molar-refractivity contribution is 5.80. The Morgan fingerprint density at radius 2 is 1.96 bits per heavy atom. The van der Waals surface area contributed by atoms with E-state index in [9.17, 15) is 4.39 Å². The maximum atomic E-state index is 14.1. The first-order valence-corrected chi connectivity index (χ1v) is 9.41. The molecule has 1 heterocycles. The van der Waals surface area contributed by atoms with Gasteiger partial charge in [-0.2, -0.15) is 0 Å². The van der Waals surface area contributed by atoms with Crippen molar-refractivity contribution in [3.05, 3.63) is 35.6 Å². The lowest BCUT2D eigenvalue weighted by atomic mass is 9.84. The smallest absolute Gasteiger partial charge is 0.191 e. The van der Waals surface area contributed by atoms with Crippen molar-refractivity contribution in [3.63, 3.8) is 0 Å². The maximum Gasteiger partial charge on any atom is 0.191 e. The molecule has 0 aliphatic carbocycles. The average Bonchev–Trinajstić information content (AvgIpc) is 2.60. The Morgan fingerprint density at radius 1 is 1.28 bits per heavy atom. The molecule has 4 nitrogen and oxygen atoms in total. The third kappa shape index (κ3) is 5.70. The standard InChI is InChI=1S/C20H33FN4/c1-5-12-25-13-10-16(11-14-25)24-19(22-4)23-15-20(2,3)17-8-6-7-9-18(17)21/h6-9,16H,5,10-15H2,1-4H3,(H2,22,23,24). The van der Waals surface area contributed by atoms with E-state index >= 15 is 0 Å². The molecule has 0 unspecified atom stereocenters. The highest BCUT2D eigenvalue weighted by Crippen LogP contribution is 2.24. The summed E-state index contributed by atoms with van der Waals surface area (Å²) < 4.78 is 14.1. The molecule has 2 rings (SSSR count). The Balaban J connectivity index is 1.85. The number of guanidine groups is 1. The fraction of sp³-hybridized carbons (Fsp3) is 0.650. The summed E-state index contributed by atoms with van der Waals surface area (Å²) in [5, 5.41) is 6.90. The Hall–Kier alpha value is -1.62. The lowest BCUT2D eigenvalue weighted by Crippen LogP contribution is -2.50. The molecule has 5 heteroatoms. The van der Waals surface area contributed by atoms with Crippen molar-refractivity contribution in [1.29, 1.82) is 0 Å². The van der Waals surface area contributed by atoms with Crippen LogP contribution < -0.4 is 10.6 Å². The molecule has 1 fully saturated rings. The minimum Gasteiger partial charge on any atom is -0.356 e. The molecule has 1 aromatic carbocycles. The van der Waals surface area contributed by atoms with Crippen LogP contribution in [0.25, 0.3) is 0 Å². The van der Waals surface area contributed by atoms with Gasteiger partial charge < -0.3 is 15.5 Å². The van der Waals surface area contributed by atoms with Gasteiger partial charge in [0.05, 0.1) is 0 Å². The number of halogens is 1. The molecule has 1 aromatic rings. The van der Waals surface area contributed by atoms with Crippen LogP contribution in [0.4, 0.5) is 4.39 Å². The monoisotopic (exact) mass is 348 g/mol. The van der Waals surface area contributed by atoms with Gasteiger partial charge in [0, 0.05) is 38.1 Å². The predicted octanol–water partition coefficient (Wildman–Crippen LogP) is 3.14. The van der Waals surface area contributed by atoms with Crippen molar-refractivity contribution in [2.24, 2.45) is 4.99 Å². The quantitative estimate of drug-likeness (QED) is 0.613. The van der Waals surface area contributed by atoms with Gasteiger partial charge in [-0.25, -0.2) is 4.39 Å². The van der Waals surface area contributed by atoms with Crippen molar-refractivity contribution < 1.29 is 4.39 Å². The summed E-state index contributed by atoms with van der Waals surface area (Å²) in [5.41, 5.74) is 0.416. The van der Waals surface area contributed by atoms with Crippen LogP contribution in [-0.2, 0) is 5.41 Å². The summed E-state index contributed by atoms with van der Waals surface area (Å²) in [6, 6.07) is 7.45. The normalized spacial score (nSPS) is 17.6. The SMILES string of the molecule is CCCN1CCC(NC(=NC)NCC(C)(C)c2ccccc2F)CC1. The van der Waals surface area contributed by atoms with Gasteiger partial charge in [-0.3, -0.25) is 4.99 Å². The largest absolute Gasteiger partial charge is 0.356 e. The molecule has 140 valence electrons. The molecule has 0 radical (unpaired) electrons. The van der Waals surface area contributed by atoms with E-state index in [0.717, 1.165) is 37.5 Å². The van der Waals surface area contributed by atoms with E-state index in [0.29, 0.717) is 12.6 Å². The van der Waals surface area contributed by atoms with E-state index < -0.39 is 0 Å². The van der Waals surface area contributed by atoms with Crippen molar-refractivity contribution in [2.75, 3.05) is 33.2 Å². The number of benzene rings is 1. The molecule has 0 amide bonds. The first-order valence-electron chi connectivity index (χ1n) is 9.41. The van der Waals surface area contributed by atoms with Crippen molar-refractivity contribution in [1.82, 2.24) is 15.5 Å². The van der Waals surface area contributed by atoms with E-state index in [1.54, 1.807) is 13.1 Å². The molecule has 0 spiro atoms. The van der Waals surface area contributed by atoms with Gasteiger partial charge in [-0.05, 0) is 37.4 Å². The number of nitrogens with zero attached hydrogens (tertiary/aromatic N) is 2. The van der Waals surface area contributed by atoms with Crippen LogP contribution in [0.1, 0.15) is 45.6 Å². The molecule has 0 atom stereocenters. The summed E-state index contributed by atoms with van der Waals surface area (Å²) in [5.74, 6) is 0.652. The Bertz CT molecular complexity index is 563. The van der Waals surface area contributed by atoms with E-state index in [2.05, 4.69) is 41.3 Å². The number of aliphatic imine (C=N–C) groups is 1. The summed E-state index contributed by atoms with van der Waals surface area (Å²) >= 11 is 0. The van der Waals surface area contributed by atoms with Crippen LogP contribution in [0.2, 0.25) is 0 Å². The average molecular weight is 349 g/mol. The van der Waals surface area contributed by atoms with E-state index in [1.807, 2.05) is 12.1 Å². The zero-order chi connectivity index (χ0) is 18.3. The third-order valence-corrected chi connectivity index (χ3v) is 4.99. The van der Waals surface area contributed by atoms with Gasteiger partial charge in [0.15, 0.2) is 5.96 Å². The van der Waals surface area contributed by atoms with Crippen LogP contribution in [0.3, 0.4) is 0 Å². The predicted molar refractivity (Wildman–Crippen MR) is 104 cm³/mol. The Morgan fingerprint density at radius 3 is 2.56 bits per heavy atom. The number of rotatable bonds is 6. The van der Waals surface area contributed by atoms with Crippen LogP contribution >= 0.6 is 0 Å². The molecule has 0 saturated carbocycles. The number of piperidine rings is 1. The minimum absolute atomic E-state index is 0.152. The lowest BCUT2D eigenvalue weighted by molar-refractivity contribution is 0.206. The highest BCUT2D eigenvalue weighted by Gasteiger charge is 2.25. The summed E-state index contributed by atoms with van der Waals surface area (Å²) in [6.07, 6.45) is 3.49. The topological polar surface area (TPSA) is 39.7 Å². The Labute approximate surface area is 151 Å². The van der Waals surface area contributed by atoms with Crippen LogP contribution in [0.5, 0.6) is 0 Å². The van der Waals surface area contributed by atoms with E-state index in [-0.39, 0.29) is 11.2 Å². The molecule has 1 saturated heterocycles. The maximum absolute atomic E-state index is 14.1. The number of likely N-dealkylation sites (tertiary alicyclic amines) is 1. The van der Waals surface area contributed by atoms with Gasteiger partial charge >= 0.3 is 0 Å². The van der Waals surface area contributed by atoms with Crippen molar-refractivity contribution in [2.45, 2.75) is 51.5 Å². The summed E-state index contributed by atoms with van der Waals surface area (Å²) in [6.45, 7) is 10.4. The highest BCUT2D eigenvalue weighted by atomic mass is 19.1. The van der Waals surface area contributed by atoms with Gasteiger partial charge in [0.1, 0.15) is 5.82 Å². The van der Waals surface area contributed by atoms with Crippen molar-refractivity contribution in [3.8, 4) is 0 Å². The molecular formula is C20H33FN4. The third-order valence-electron chi connectivity index (χ3n) is 4.99. The zero-order valence-electron chi connectivity index (χ0n) is 16.1. The van der Waals surface area contributed by atoms with E-state index in [1.165, 1.54) is 19.0 Å². The Kier molecular flexibility index (Phi) is 7.24. The molecule has 1 aliphatic heterocycles. The van der Waals surface area contributed by atoms with Crippen molar-refractivity contribution >= 4 is 5.96 Å². The second-order valence-corrected chi connectivity index (χ2v) is 7.55. The minimum atomic E-state index is -0.312. The van der Waals surface area contributed by atoms with Crippen LogP contribution in [0, 0.1) is 5.82 Å². The number of hydrogen-bond donors (Lipinski definition) is 2. The first kappa shape index (κ1) is 19.7. The van der Waals surface area contributed by atoms with Gasteiger partial charge in [-0.15, -0.1) is 0 Å². The molecule has 25 heavy (non-hydrogen) atoms. The molecule has 0 bridgehead atoms. The lowest BCUT2D eigenvalue weighted by Gasteiger charge is -2.33. The van der Waals surface area contributed by atoms with E-state index in [4.69, 9.17) is 0 Å². The fourth-order valence-corrected chi connectivity index (χ4v) is 3.42. The van der Waals surface area contributed by atoms with Gasteiger partial charge in [0.2, 0.25) is 0 Å². The second kappa shape index (κ2) is 9.18. The van der Waals surface area contributed by atoms with Gasteiger partial charge in [0.25, 0.3) is 0 Å². The first-order chi connectivity index (χ1) is 12.0. The second-order valence-electron chi connectivity index (χ2n) is 7.55. The van der Waals surface area contributed by atoms with Crippen LogP contribution in [0.15, 0.2) is 29.3 Å². The number of nitrogens with one attached hydrogen (secondary N) is 2.